The molecule has 25 heavy (non-hydrogen) atoms. The summed E-state index contributed by atoms with van der Waals surface area (Å²) < 4.78 is 28.3. The Morgan fingerprint density at radius 2 is 1.72 bits per heavy atom. The second-order valence-electron chi connectivity index (χ2n) is 6.18. The number of sulfone groups is 1. The molecule has 140 valence electrons. The van der Waals surface area contributed by atoms with Crippen LogP contribution >= 0.6 is 0 Å². The molecule has 0 unspecified atom stereocenters. The van der Waals surface area contributed by atoms with Crippen molar-refractivity contribution < 1.29 is 22.7 Å². The van der Waals surface area contributed by atoms with Gasteiger partial charge in [0.15, 0.2) is 15.6 Å². The quantitative estimate of drug-likeness (QED) is 0.605. The van der Waals surface area contributed by atoms with E-state index in [0.717, 1.165) is 0 Å². The van der Waals surface area contributed by atoms with Crippen LogP contribution in [0.3, 0.4) is 0 Å². The number of ketones is 1. The molecular weight excluding hydrogens is 342 g/mol. The van der Waals surface area contributed by atoms with Crippen molar-refractivity contribution in [2.24, 2.45) is 0 Å². The molecular formula is C18H27NO5S. The van der Waals surface area contributed by atoms with Gasteiger partial charge >= 0.3 is 0 Å². The number of rotatable bonds is 11. The van der Waals surface area contributed by atoms with Crippen LogP contribution in [0.1, 0.15) is 49.9 Å². The van der Waals surface area contributed by atoms with Gasteiger partial charge in [0, 0.05) is 12.0 Å². The number of unbranched alkanes of at least 4 members (excludes halogenated alkanes) is 2. The van der Waals surface area contributed by atoms with Crippen molar-refractivity contribution in [3.8, 4) is 5.75 Å². The molecule has 1 aromatic carbocycles. The average molecular weight is 369 g/mol. The van der Waals surface area contributed by atoms with Crippen LogP contribution in [0.2, 0.25) is 0 Å². The van der Waals surface area contributed by atoms with Gasteiger partial charge in [-0.1, -0.05) is 6.42 Å². The van der Waals surface area contributed by atoms with E-state index in [1.807, 2.05) is 0 Å². The van der Waals surface area contributed by atoms with Crippen LogP contribution < -0.4 is 10.1 Å². The molecule has 7 heteroatoms. The minimum Gasteiger partial charge on any atom is -0.497 e. The molecule has 1 rings (SSSR count). The van der Waals surface area contributed by atoms with E-state index in [2.05, 4.69) is 5.32 Å². The lowest BCUT2D eigenvalue weighted by atomic mass is 10.1. The van der Waals surface area contributed by atoms with Gasteiger partial charge in [-0.05, 0) is 51.0 Å². The second-order valence-corrected chi connectivity index (χ2v) is 8.85. The van der Waals surface area contributed by atoms with E-state index in [4.69, 9.17) is 4.74 Å². The van der Waals surface area contributed by atoms with E-state index in [9.17, 15) is 18.0 Å². The topological polar surface area (TPSA) is 89.5 Å². The minimum atomic E-state index is -3.01. The molecule has 0 saturated heterocycles. The largest absolute Gasteiger partial charge is 0.497 e. The third-order valence-electron chi connectivity index (χ3n) is 3.90. The molecule has 1 amide bonds. The molecule has 0 bridgehead atoms. The van der Waals surface area contributed by atoms with Crippen LogP contribution in [0, 0.1) is 0 Å². The third kappa shape index (κ3) is 7.69. The number of carbonyl (C=O) groups excluding carboxylic acids is 2. The van der Waals surface area contributed by atoms with Gasteiger partial charge in [-0.25, -0.2) is 8.42 Å². The van der Waals surface area contributed by atoms with Gasteiger partial charge in [-0.3, -0.25) is 9.59 Å². The molecule has 0 aliphatic heterocycles. The highest BCUT2D eigenvalue weighted by atomic mass is 32.2. The molecule has 0 fully saturated rings. The van der Waals surface area contributed by atoms with Crippen molar-refractivity contribution in [3.05, 3.63) is 29.8 Å². The first-order valence-corrected chi connectivity index (χ1v) is 10.1. The number of ether oxygens (including phenoxy) is 1. The summed E-state index contributed by atoms with van der Waals surface area (Å²) in [5.41, 5.74) is 0.465. The summed E-state index contributed by atoms with van der Waals surface area (Å²) in [4.78, 5) is 23.7. The summed E-state index contributed by atoms with van der Waals surface area (Å²) in [5, 5.41) is 2.23. The average Bonchev–Trinajstić information content (AvgIpc) is 2.59. The minimum absolute atomic E-state index is 0.0187. The van der Waals surface area contributed by atoms with Gasteiger partial charge in [0.25, 0.3) is 5.91 Å². The molecule has 0 spiro atoms. The van der Waals surface area contributed by atoms with Crippen molar-refractivity contribution in [1.29, 1.82) is 0 Å². The standard InChI is InChI=1S/C18H27NO5S/c1-14(2)25(22,23)12-6-4-5-7-16(20)13-19-18(21)15-8-10-17(24-3)11-9-15/h8-11,14H,4-7,12-13H2,1-3H3,(H,19,21). The number of hydrogen-bond acceptors (Lipinski definition) is 5. The highest BCUT2D eigenvalue weighted by molar-refractivity contribution is 7.91. The van der Waals surface area contributed by atoms with Crippen molar-refractivity contribution in [3.63, 3.8) is 0 Å². The van der Waals surface area contributed by atoms with Gasteiger partial charge in [-0.15, -0.1) is 0 Å². The molecule has 0 aromatic heterocycles. The maximum Gasteiger partial charge on any atom is 0.251 e. The maximum absolute atomic E-state index is 11.9. The van der Waals surface area contributed by atoms with Crippen LogP contribution in [-0.4, -0.2) is 44.8 Å². The van der Waals surface area contributed by atoms with Crippen molar-refractivity contribution in [2.75, 3.05) is 19.4 Å². The molecule has 1 aromatic rings. The zero-order valence-electron chi connectivity index (χ0n) is 15.1. The number of amides is 1. The number of Topliss-reactive ketones (excluding diaryl/α,β-unsaturated/α-hetero) is 1. The first-order chi connectivity index (χ1) is 11.8. The molecule has 0 saturated carbocycles. The van der Waals surface area contributed by atoms with Crippen LogP contribution in [0.15, 0.2) is 24.3 Å². The Balaban J connectivity index is 2.23. The van der Waals surface area contributed by atoms with Crippen LogP contribution in [0.4, 0.5) is 0 Å². The lowest BCUT2D eigenvalue weighted by Gasteiger charge is -2.07. The zero-order chi connectivity index (χ0) is 18.9. The van der Waals surface area contributed by atoms with Crippen molar-refractivity contribution >= 4 is 21.5 Å². The first-order valence-electron chi connectivity index (χ1n) is 8.42. The maximum atomic E-state index is 11.9. The summed E-state index contributed by atoms with van der Waals surface area (Å²) in [6.45, 7) is 3.32. The second kappa shape index (κ2) is 10.2. The van der Waals surface area contributed by atoms with Gasteiger partial charge in [-0.2, -0.15) is 0 Å². The first kappa shape index (κ1) is 21.2. The Morgan fingerprint density at radius 3 is 2.28 bits per heavy atom. The van der Waals surface area contributed by atoms with E-state index < -0.39 is 9.84 Å². The normalized spacial score (nSPS) is 11.4. The molecule has 0 radical (unpaired) electrons. The van der Waals surface area contributed by atoms with Gasteiger partial charge in [0.05, 0.1) is 24.7 Å². The van der Waals surface area contributed by atoms with E-state index in [-0.39, 0.29) is 29.2 Å². The van der Waals surface area contributed by atoms with Crippen LogP contribution in [-0.2, 0) is 14.6 Å². The summed E-state index contributed by atoms with van der Waals surface area (Å²) in [5.74, 6) is 0.451. The van der Waals surface area contributed by atoms with Gasteiger partial charge in [0.1, 0.15) is 5.75 Å². The summed E-state index contributed by atoms with van der Waals surface area (Å²) in [7, 11) is -1.46. The highest BCUT2D eigenvalue weighted by Crippen LogP contribution is 2.11. The molecule has 1 N–H and O–H groups in total. The van der Waals surface area contributed by atoms with E-state index in [0.29, 0.717) is 37.0 Å². The van der Waals surface area contributed by atoms with Crippen LogP contribution in [0.5, 0.6) is 5.75 Å². The molecule has 0 aliphatic carbocycles. The summed E-state index contributed by atoms with van der Waals surface area (Å²) in [6.07, 6.45) is 2.21. The Morgan fingerprint density at radius 1 is 1.08 bits per heavy atom. The zero-order valence-corrected chi connectivity index (χ0v) is 15.9. The Kier molecular flexibility index (Phi) is 8.61. The lowest BCUT2D eigenvalue weighted by molar-refractivity contribution is -0.118. The van der Waals surface area contributed by atoms with E-state index in [1.54, 1.807) is 45.2 Å². The van der Waals surface area contributed by atoms with Gasteiger partial charge < -0.3 is 10.1 Å². The number of carbonyl (C=O) groups is 2. The monoisotopic (exact) mass is 369 g/mol. The predicted molar refractivity (Wildman–Crippen MR) is 97.7 cm³/mol. The fraction of sp³-hybridized carbons (Fsp3) is 0.556. The molecule has 0 atom stereocenters. The van der Waals surface area contributed by atoms with Crippen molar-refractivity contribution in [1.82, 2.24) is 5.32 Å². The summed E-state index contributed by atoms with van der Waals surface area (Å²) in [6, 6.07) is 6.63. The fourth-order valence-electron chi connectivity index (χ4n) is 2.15. The lowest BCUT2D eigenvalue weighted by Crippen LogP contribution is -2.29. The Labute approximate surface area is 149 Å². The number of hydrogen-bond donors (Lipinski definition) is 1. The summed E-state index contributed by atoms with van der Waals surface area (Å²) >= 11 is 0. The Bertz CT molecular complexity index is 665. The van der Waals surface area contributed by atoms with E-state index >= 15 is 0 Å². The van der Waals surface area contributed by atoms with E-state index in [1.165, 1.54) is 0 Å². The third-order valence-corrected chi connectivity index (χ3v) is 6.20. The number of methoxy groups -OCH3 is 1. The van der Waals surface area contributed by atoms with Crippen LogP contribution in [0.25, 0.3) is 0 Å². The molecule has 0 heterocycles. The fourth-order valence-corrected chi connectivity index (χ4v) is 3.23. The SMILES string of the molecule is COc1ccc(C(=O)NCC(=O)CCCCCS(=O)(=O)C(C)C)cc1. The molecule has 6 nitrogen and oxygen atoms in total. The Hall–Kier alpha value is -1.89. The highest BCUT2D eigenvalue weighted by Gasteiger charge is 2.15. The van der Waals surface area contributed by atoms with Gasteiger partial charge in [0.2, 0.25) is 0 Å². The smallest absolute Gasteiger partial charge is 0.251 e. The molecule has 0 aliphatic rings. The number of benzene rings is 1. The van der Waals surface area contributed by atoms with Crippen molar-refractivity contribution in [2.45, 2.75) is 44.8 Å². The predicted octanol–water partition coefficient (Wildman–Crippen LogP) is 2.38. The number of nitrogens with one attached hydrogen (secondary N) is 1.